The lowest BCUT2D eigenvalue weighted by molar-refractivity contribution is -0.129. The van der Waals surface area contributed by atoms with Crippen LogP contribution in [0.15, 0.2) is 35.3 Å². The summed E-state index contributed by atoms with van der Waals surface area (Å²) in [4.78, 5) is 24.9. The van der Waals surface area contributed by atoms with E-state index in [1.54, 1.807) is 7.05 Å². The molecule has 0 spiro atoms. The van der Waals surface area contributed by atoms with Gasteiger partial charge in [0.15, 0.2) is 5.96 Å². The first-order valence-electron chi connectivity index (χ1n) is 9.82. The molecule has 1 unspecified atom stereocenters. The predicted octanol–water partition coefficient (Wildman–Crippen LogP) is 1.98. The lowest BCUT2D eigenvalue weighted by Gasteiger charge is -2.20. The number of para-hydroxylation sites is 1. The second-order valence-electron chi connectivity index (χ2n) is 7.30. The van der Waals surface area contributed by atoms with Gasteiger partial charge >= 0.3 is 0 Å². The highest BCUT2D eigenvalue weighted by Gasteiger charge is 2.25. The molecule has 2 heterocycles. The van der Waals surface area contributed by atoms with E-state index in [4.69, 9.17) is 4.98 Å². The third-order valence-electron chi connectivity index (χ3n) is 5.10. The zero-order valence-corrected chi connectivity index (χ0v) is 17.2. The highest BCUT2D eigenvalue weighted by atomic mass is 16.2. The summed E-state index contributed by atoms with van der Waals surface area (Å²) >= 11 is 0. The minimum Gasteiger partial charge on any atom is -0.363 e. The SMILES string of the molecule is CCC(=O)N1CCC(NC(=NC)NCc2cc(N(C)C)nc3ccccc23)C1. The van der Waals surface area contributed by atoms with E-state index >= 15 is 0 Å². The van der Waals surface area contributed by atoms with Gasteiger partial charge in [-0.15, -0.1) is 0 Å². The van der Waals surface area contributed by atoms with Crippen molar-refractivity contribution in [1.82, 2.24) is 20.5 Å². The fraction of sp³-hybridized carbons (Fsp3) is 0.476. The van der Waals surface area contributed by atoms with Gasteiger partial charge < -0.3 is 20.4 Å². The number of anilines is 1. The van der Waals surface area contributed by atoms with Crippen molar-refractivity contribution in [3.05, 3.63) is 35.9 Å². The monoisotopic (exact) mass is 382 g/mol. The molecule has 2 N–H and O–H groups in total. The number of rotatable bonds is 5. The van der Waals surface area contributed by atoms with Crippen LogP contribution in [0.4, 0.5) is 5.82 Å². The molecule has 0 aliphatic carbocycles. The van der Waals surface area contributed by atoms with Crippen LogP contribution in [0.3, 0.4) is 0 Å². The number of amides is 1. The van der Waals surface area contributed by atoms with Gasteiger partial charge in [-0.25, -0.2) is 4.98 Å². The maximum absolute atomic E-state index is 11.9. The summed E-state index contributed by atoms with van der Waals surface area (Å²) in [6.45, 7) is 4.09. The van der Waals surface area contributed by atoms with Crippen LogP contribution in [-0.2, 0) is 11.3 Å². The number of hydrogen-bond donors (Lipinski definition) is 2. The summed E-state index contributed by atoms with van der Waals surface area (Å²) in [5.74, 6) is 1.90. The standard InChI is InChI=1S/C21H30N6O/c1-5-20(28)27-11-10-16(14-27)24-21(22-2)23-13-15-12-19(26(3)4)25-18-9-7-6-8-17(15)18/h6-9,12,16H,5,10-11,13-14H2,1-4H3,(H2,22,23,24). The van der Waals surface area contributed by atoms with Gasteiger partial charge in [0.2, 0.25) is 5.91 Å². The van der Waals surface area contributed by atoms with Crippen LogP contribution in [0.1, 0.15) is 25.3 Å². The largest absolute Gasteiger partial charge is 0.363 e. The normalized spacial score (nSPS) is 17.1. The van der Waals surface area contributed by atoms with Crippen molar-refractivity contribution >= 4 is 28.6 Å². The van der Waals surface area contributed by atoms with Crippen LogP contribution in [0.2, 0.25) is 0 Å². The van der Waals surface area contributed by atoms with Crippen LogP contribution in [0, 0.1) is 0 Å². The van der Waals surface area contributed by atoms with Crippen molar-refractivity contribution < 1.29 is 4.79 Å². The fourth-order valence-corrected chi connectivity index (χ4v) is 3.50. The van der Waals surface area contributed by atoms with E-state index in [9.17, 15) is 4.79 Å². The van der Waals surface area contributed by atoms with Gasteiger partial charge in [0.25, 0.3) is 0 Å². The Hall–Kier alpha value is -2.83. The van der Waals surface area contributed by atoms with Crippen LogP contribution in [0.25, 0.3) is 10.9 Å². The molecule has 7 nitrogen and oxygen atoms in total. The second-order valence-corrected chi connectivity index (χ2v) is 7.30. The average molecular weight is 383 g/mol. The van der Waals surface area contributed by atoms with Crippen LogP contribution < -0.4 is 15.5 Å². The molecule has 1 aliphatic heterocycles. The third kappa shape index (κ3) is 4.52. The molecule has 1 atom stereocenters. The first-order valence-corrected chi connectivity index (χ1v) is 9.82. The van der Waals surface area contributed by atoms with E-state index in [-0.39, 0.29) is 11.9 Å². The van der Waals surface area contributed by atoms with E-state index in [1.807, 2.05) is 49.0 Å². The maximum atomic E-state index is 11.9. The fourth-order valence-electron chi connectivity index (χ4n) is 3.50. The van der Waals surface area contributed by atoms with Gasteiger partial charge in [0.05, 0.1) is 5.52 Å². The number of aromatic nitrogens is 1. The number of likely N-dealkylation sites (tertiary alicyclic amines) is 1. The van der Waals surface area contributed by atoms with E-state index in [2.05, 4.69) is 27.8 Å². The molecule has 7 heteroatoms. The molecule has 150 valence electrons. The molecule has 1 amide bonds. The molecule has 3 rings (SSSR count). The number of fused-ring (bicyclic) bond motifs is 1. The number of nitrogens with one attached hydrogen (secondary N) is 2. The Morgan fingerprint density at radius 3 is 2.86 bits per heavy atom. The molecule has 28 heavy (non-hydrogen) atoms. The van der Waals surface area contributed by atoms with E-state index in [1.165, 1.54) is 5.56 Å². The molecule has 0 bridgehead atoms. The number of nitrogens with zero attached hydrogens (tertiary/aromatic N) is 4. The quantitative estimate of drug-likeness (QED) is 0.611. The molecule has 1 saturated heterocycles. The molecule has 2 aromatic rings. The number of pyridine rings is 1. The molecule has 1 aromatic carbocycles. The number of carbonyl (C=O) groups is 1. The summed E-state index contributed by atoms with van der Waals surface area (Å²) in [6.07, 6.45) is 1.50. The number of hydrogen-bond acceptors (Lipinski definition) is 4. The average Bonchev–Trinajstić information content (AvgIpc) is 3.18. The minimum absolute atomic E-state index is 0.215. The Balaban J connectivity index is 1.68. The van der Waals surface area contributed by atoms with Crippen LogP contribution >= 0.6 is 0 Å². The number of benzene rings is 1. The maximum Gasteiger partial charge on any atom is 0.222 e. The molecular formula is C21H30N6O. The Bertz CT molecular complexity index is 863. The minimum atomic E-state index is 0.215. The number of carbonyl (C=O) groups excluding carboxylic acids is 1. The summed E-state index contributed by atoms with van der Waals surface area (Å²) in [6, 6.07) is 10.5. The Labute approximate surface area is 166 Å². The van der Waals surface area contributed by atoms with Crippen molar-refractivity contribution in [1.29, 1.82) is 0 Å². The summed E-state index contributed by atoms with van der Waals surface area (Å²) < 4.78 is 0. The molecule has 1 aromatic heterocycles. The first-order chi connectivity index (χ1) is 13.5. The second kappa shape index (κ2) is 8.91. The lowest BCUT2D eigenvalue weighted by atomic mass is 10.1. The number of guanidine groups is 1. The molecule has 1 fully saturated rings. The Kier molecular flexibility index (Phi) is 6.34. The Morgan fingerprint density at radius 1 is 1.36 bits per heavy atom. The molecule has 1 aliphatic rings. The highest BCUT2D eigenvalue weighted by molar-refractivity contribution is 5.85. The zero-order chi connectivity index (χ0) is 20.1. The first kappa shape index (κ1) is 19.9. The summed E-state index contributed by atoms with van der Waals surface area (Å²) in [7, 11) is 5.77. The van der Waals surface area contributed by atoms with Gasteiger partial charge in [-0.05, 0) is 24.1 Å². The molecule has 0 saturated carbocycles. The van der Waals surface area contributed by atoms with Gasteiger partial charge in [-0.3, -0.25) is 9.79 Å². The van der Waals surface area contributed by atoms with Crippen molar-refractivity contribution in [3.63, 3.8) is 0 Å². The van der Waals surface area contributed by atoms with Gasteiger partial charge in [-0.2, -0.15) is 0 Å². The molecular weight excluding hydrogens is 352 g/mol. The zero-order valence-electron chi connectivity index (χ0n) is 17.2. The van der Waals surface area contributed by atoms with E-state index < -0.39 is 0 Å². The smallest absolute Gasteiger partial charge is 0.222 e. The lowest BCUT2D eigenvalue weighted by Crippen LogP contribution is -2.44. The van der Waals surface area contributed by atoms with Crippen molar-refractivity contribution in [2.75, 3.05) is 39.1 Å². The third-order valence-corrected chi connectivity index (χ3v) is 5.10. The number of aliphatic imine (C=N–C) groups is 1. The predicted molar refractivity (Wildman–Crippen MR) is 115 cm³/mol. The van der Waals surface area contributed by atoms with Crippen LogP contribution in [-0.4, -0.2) is 62.0 Å². The topological polar surface area (TPSA) is 72.9 Å². The van der Waals surface area contributed by atoms with E-state index in [0.29, 0.717) is 13.0 Å². The van der Waals surface area contributed by atoms with Gasteiger partial charge in [-0.1, -0.05) is 25.1 Å². The van der Waals surface area contributed by atoms with E-state index in [0.717, 1.165) is 42.2 Å². The van der Waals surface area contributed by atoms with Crippen molar-refractivity contribution in [2.24, 2.45) is 4.99 Å². The van der Waals surface area contributed by atoms with Crippen molar-refractivity contribution in [3.8, 4) is 0 Å². The summed E-state index contributed by atoms with van der Waals surface area (Å²) in [5.41, 5.74) is 2.16. The van der Waals surface area contributed by atoms with Crippen LogP contribution in [0.5, 0.6) is 0 Å². The summed E-state index contributed by atoms with van der Waals surface area (Å²) in [5, 5.41) is 8.00. The molecule has 0 radical (unpaired) electrons. The van der Waals surface area contributed by atoms with Gasteiger partial charge in [0, 0.05) is 58.6 Å². The Morgan fingerprint density at radius 2 is 2.14 bits per heavy atom. The highest BCUT2D eigenvalue weighted by Crippen LogP contribution is 2.22. The van der Waals surface area contributed by atoms with Crippen molar-refractivity contribution in [2.45, 2.75) is 32.4 Å². The van der Waals surface area contributed by atoms with Gasteiger partial charge in [0.1, 0.15) is 5.82 Å².